The summed E-state index contributed by atoms with van der Waals surface area (Å²) in [5.74, 6) is 0.611. The normalized spacial score (nSPS) is 24.4. The number of hydrogen-bond acceptors (Lipinski definition) is 3. The van der Waals surface area contributed by atoms with E-state index in [1.54, 1.807) is 6.33 Å². The average Bonchev–Trinajstić information content (AvgIpc) is 2.84. The van der Waals surface area contributed by atoms with Gasteiger partial charge in [0, 0.05) is 0 Å². The molecule has 0 aromatic carbocycles. The lowest BCUT2D eigenvalue weighted by molar-refractivity contribution is 0.536. The van der Waals surface area contributed by atoms with Gasteiger partial charge in [-0.2, -0.15) is 0 Å². The van der Waals surface area contributed by atoms with Gasteiger partial charge in [-0.15, -0.1) is 0 Å². The molecule has 2 atom stereocenters. The minimum Gasteiger partial charge on any atom is -0.308 e. The number of nitrogens with zero attached hydrogens (tertiary/aromatic N) is 4. The van der Waals surface area contributed by atoms with Crippen molar-refractivity contribution < 1.29 is 0 Å². The molecule has 5 heteroatoms. The maximum absolute atomic E-state index is 5.96. The summed E-state index contributed by atoms with van der Waals surface area (Å²) in [4.78, 5) is 12.4. The molecule has 2 aromatic rings. The SMILES string of the molecule is CC1C=CC(n2cnc3c(Cl)ncnc32)C1. The van der Waals surface area contributed by atoms with Crippen molar-refractivity contribution in [1.82, 2.24) is 19.5 Å². The number of imidazole rings is 1. The molecule has 16 heavy (non-hydrogen) atoms. The van der Waals surface area contributed by atoms with Crippen LogP contribution in [0.25, 0.3) is 11.2 Å². The van der Waals surface area contributed by atoms with Crippen molar-refractivity contribution in [3.8, 4) is 0 Å². The summed E-state index contributed by atoms with van der Waals surface area (Å²) in [5.41, 5.74) is 1.49. The summed E-state index contributed by atoms with van der Waals surface area (Å²) in [5, 5.41) is 0.416. The van der Waals surface area contributed by atoms with Gasteiger partial charge in [0.05, 0.1) is 12.4 Å². The maximum Gasteiger partial charge on any atom is 0.165 e. The van der Waals surface area contributed by atoms with E-state index < -0.39 is 0 Å². The van der Waals surface area contributed by atoms with E-state index in [9.17, 15) is 0 Å². The van der Waals surface area contributed by atoms with E-state index in [0.717, 1.165) is 12.1 Å². The predicted octanol–water partition coefficient (Wildman–Crippen LogP) is 2.62. The van der Waals surface area contributed by atoms with Crippen molar-refractivity contribution in [2.75, 3.05) is 0 Å². The van der Waals surface area contributed by atoms with Crippen LogP contribution in [0.5, 0.6) is 0 Å². The van der Waals surface area contributed by atoms with E-state index >= 15 is 0 Å². The summed E-state index contributed by atoms with van der Waals surface area (Å²) in [6, 6.07) is 0.339. The molecule has 4 nitrogen and oxygen atoms in total. The van der Waals surface area contributed by atoms with E-state index in [-0.39, 0.29) is 0 Å². The lowest BCUT2D eigenvalue weighted by Crippen LogP contribution is -2.04. The van der Waals surface area contributed by atoms with Crippen LogP contribution in [0.1, 0.15) is 19.4 Å². The first-order valence-corrected chi connectivity index (χ1v) is 5.65. The van der Waals surface area contributed by atoms with Crippen molar-refractivity contribution >= 4 is 22.8 Å². The monoisotopic (exact) mass is 234 g/mol. The number of rotatable bonds is 1. The molecule has 0 amide bonds. The van der Waals surface area contributed by atoms with Crippen LogP contribution in [-0.2, 0) is 0 Å². The highest BCUT2D eigenvalue weighted by Gasteiger charge is 2.19. The molecule has 82 valence electrons. The van der Waals surface area contributed by atoms with Crippen LogP contribution in [0, 0.1) is 5.92 Å². The molecule has 0 bridgehead atoms. The van der Waals surface area contributed by atoms with Gasteiger partial charge in [-0.25, -0.2) is 15.0 Å². The van der Waals surface area contributed by atoms with Gasteiger partial charge in [-0.3, -0.25) is 0 Å². The molecule has 0 fully saturated rings. The summed E-state index contributed by atoms with van der Waals surface area (Å²) in [7, 11) is 0. The highest BCUT2D eigenvalue weighted by molar-refractivity contribution is 6.33. The zero-order valence-corrected chi connectivity index (χ0v) is 9.59. The summed E-state index contributed by atoms with van der Waals surface area (Å²) in [6.07, 6.45) is 8.78. The molecule has 2 unspecified atom stereocenters. The first-order chi connectivity index (χ1) is 7.75. The lowest BCUT2D eigenvalue weighted by atomic mass is 10.1. The minimum atomic E-state index is 0.339. The lowest BCUT2D eigenvalue weighted by Gasteiger charge is -2.11. The molecule has 0 radical (unpaired) electrons. The molecule has 0 spiro atoms. The van der Waals surface area contributed by atoms with E-state index in [1.807, 2.05) is 0 Å². The number of halogens is 1. The van der Waals surface area contributed by atoms with Crippen LogP contribution < -0.4 is 0 Å². The molecule has 1 aliphatic rings. The third kappa shape index (κ3) is 1.41. The highest BCUT2D eigenvalue weighted by Crippen LogP contribution is 2.30. The van der Waals surface area contributed by atoms with Gasteiger partial charge < -0.3 is 4.57 Å². The zero-order chi connectivity index (χ0) is 11.1. The first kappa shape index (κ1) is 9.78. The fourth-order valence-corrected chi connectivity index (χ4v) is 2.31. The van der Waals surface area contributed by atoms with Crippen molar-refractivity contribution in [2.24, 2.45) is 5.92 Å². The molecule has 1 aliphatic carbocycles. The van der Waals surface area contributed by atoms with Crippen LogP contribution in [0.4, 0.5) is 0 Å². The third-order valence-electron chi connectivity index (χ3n) is 2.95. The second kappa shape index (κ2) is 3.56. The van der Waals surface area contributed by atoms with Crippen LogP contribution in [-0.4, -0.2) is 19.5 Å². The topological polar surface area (TPSA) is 43.6 Å². The van der Waals surface area contributed by atoms with Crippen LogP contribution in [0.15, 0.2) is 24.8 Å². The molecule has 2 aromatic heterocycles. The van der Waals surface area contributed by atoms with Gasteiger partial charge >= 0.3 is 0 Å². The van der Waals surface area contributed by atoms with Gasteiger partial charge in [-0.1, -0.05) is 30.7 Å². The van der Waals surface area contributed by atoms with Crippen molar-refractivity contribution in [3.05, 3.63) is 30.0 Å². The van der Waals surface area contributed by atoms with E-state index in [0.29, 0.717) is 22.6 Å². The van der Waals surface area contributed by atoms with E-state index in [4.69, 9.17) is 11.6 Å². The second-order valence-electron chi connectivity index (χ2n) is 4.15. The fraction of sp³-hybridized carbons (Fsp3) is 0.364. The molecular formula is C11H11ClN4. The average molecular weight is 235 g/mol. The minimum absolute atomic E-state index is 0.339. The Kier molecular flexibility index (Phi) is 2.17. The highest BCUT2D eigenvalue weighted by atomic mass is 35.5. The maximum atomic E-state index is 5.96. The molecule has 2 heterocycles. The number of aromatic nitrogens is 4. The Morgan fingerprint density at radius 1 is 1.31 bits per heavy atom. The molecule has 0 N–H and O–H groups in total. The number of fused-ring (bicyclic) bond motifs is 1. The molecule has 0 aliphatic heterocycles. The summed E-state index contributed by atoms with van der Waals surface area (Å²) < 4.78 is 2.06. The molecule has 0 saturated carbocycles. The molecule has 0 saturated heterocycles. The fourth-order valence-electron chi connectivity index (χ4n) is 2.13. The quantitative estimate of drug-likeness (QED) is 0.563. The third-order valence-corrected chi connectivity index (χ3v) is 3.22. The summed E-state index contributed by atoms with van der Waals surface area (Å²) >= 11 is 5.96. The zero-order valence-electron chi connectivity index (χ0n) is 8.84. The Bertz CT molecular complexity index is 560. The predicted molar refractivity (Wildman–Crippen MR) is 62.3 cm³/mol. The molecule has 3 rings (SSSR count). The smallest absolute Gasteiger partial charge is 0.165 e. The van der Waals surface area contributed by atoms with Gasteiger partial charge in [-0.05, 0) is 12.3 Å². The van der Waals surface area contributed by atoms with Crippen molar-refractivity contribution in [1.29, 1.82) is 0 Å². The first-order valence-electron chi connectivity index (χ1n) is 5.27. The van der Waals surface area contributed by atoms with Crippen LogP contribution >= 0.6 is 11.6 Å². The summed E-state index contributed by atoms with van der Waals surface area (Å²) in [6.45, 7) is 2.21. The van der Waals surface area contributed by atoms with Gasteiger partial charge in [0.2, 0.25) is 0 Å². The van der Waals surface area contributed by atoms with E-state index in [2.05, 4.69) is 38.6 Å². The Hall–Kier alpha value is -1.42. The van der Waals surface area contributed by atoms with E-state index in [1.165, 1.54) is 6.33 Å². The van der Waals surface area contributed by atoms with Crippen LogP contribution in [0.3, 0.4) is 0 Å². The van der Waals surface area contributed by atoms with Crippen molar-refractivity contribution in [3.63, 3.8) is 0 Å². The van der Waals surface area contributed by atoms with Gasteiger partial charge in [0.25, 0.3) is 0 Å². The Morgan fingerprint density at radius 2 is 2.19 bits per heavy atom. The molecular weight excluding hydrogens is 224 g/mol. The Balaban J connectivity index is 2.12. The van der Waals surface area contributed by atoms with Crippen LogP contribution in [0.2, 0.25) is 5.15 Å². The number of allylic oxidation sites excluding steroid dienone is 2. The Labute approximate surface area is 98.0 Å². The van der Waals surface area contributed by atoms with Crippen molar-refractivity contribution in [2.45, 2.75) is 19.4 Å². The Morgan fingerprint density at radius 3 is 2.94 bits per heavy atom. The van der Waals surface area contributed by atoms with Gasteiger partial charge in [0.1, 0.15) is 11.8 Å². The standard InChI is InChI=1S/C11H11ClN4/c1-7-2-3-8(4-7)16-6-15-9-10(12)13-5-14-11(9)16/h2-3,5-8H,4H2,1H3. The largest absolute Gasteiger partial charge is 0.308 e. The second-order valence-corrected chi connectivity index (χ2v) is 4.51. The number of hydrogen-bond donors (Lipinski definition) is 0. The van der Waals surface area contributed by atoms with Gasteiger partial charge in [0.15, 0.2) is 10.8 Å².